The number of esters is 1. The predicted octanol–water partition coefficient (Wildman–Crippen LogP) is 0.950. The number of carbonyl (C=O) groups is 3. The summed E-state index contributed by atoms with van der Waals surface area (Å²) in [7, 11) is 0. The quantitative estimate of drug-likeness (QED) is 0.733. The Bertz CT molecular complexity index is 710. The van der Waals surface area contributed by atoms with E-state index in [0.717, 1.165) is 0 Å². The van der Waals surface area contributed by atoms with Gasteiger partial charge < -0.3 is 24.8 Å². The molecule has 1 saturated heterocycles. The minimum atomic E-state index is -0.662. The molecule has 2 amide bonds. The lowest BCUT2D eigenvalue weighted by molar-refractivity contribution is -0.146. The number of ether oxygens (including phenoxy) is 3. The van der Waals surface area contributed by atoms with Crippen LogP contribution < -0.4 is 20.1 Å². The van der Waals surface area contributed by atoms with E-state index in [-0.39, 0.29) is 24.8 Å². The number of amides is 2. The second-order valence-electron chi connectivity index (χ2n) is 5.75. The van der Waals surface area contributed by atoms with Gasteiger partial charge in [0, 0.05) is 23.9 Å². The number of fused-ring (bicyclic) bond motifs is 1. The maximum absolute atomic E-state index is 12.2. The van der Waals surface area contributed by atoms with Crippen molar-refractivity contribution in [2.45, 2.75) is 24.6 Å². The third-order valence-electron chi connectivity index (χ3n) is 3.84. The van der Waals surface area contributed by atoms with Gasteiger partial charge in [0.15, 0.2) is 11.5 Å². The van der Waals surface area contributed by atoms with E-state index in [0.29, 0.717) is 36.2 Å². The molecule has 0 spiro atoms. The molecule has 0 aliphatic carbocycles. The summed E-state index contributed by atoms with van der Waals surface area (Å²) in [5.41, 5.74) is 0.574. The summed E-state index contributed by atoms with van der Waals surface area (Å²) < 4.78 is 15.8. The number of carbonyl (C=O) groups excluding carboxylic acids is 3. The molecule has 140 valence electrons. The van der Waals surface area contributed by atoms with Gasteiger partial charge in [0.05, 0.1) is 11.9 Å². The lowest BCUT2D eigenvalue weighted by Crippen LogP contribution is -2.51. The largest absolute Gasteiger partial charge is 0.486 e. The van der Waals surface area contributed by atoms with Gasteiger partial charge in [0.25, 0.3) is 0 Å². The highest BCUT2D eigenvalue weighted by Crippen LogP contribution is 2.32. The first-order valence-electron chi connectivity index (χ1n) is 8.35. The molecular formula is C17H20N2O6S. The molecular weight excluding hydrogens is 360 g/mol. The summed E-state index contributed by atoms with van der Waals surface area (Å²) in [6, 6.07) is 4.48. The molecule has 2 heterocycles. The average molecular weight is 380 g/mol. The van der Waals surface area contributed by atoms with Crippen LogP contribution in [0.4, 0.5) is 5.69 Å². The molecule has 1 fully saturated rings. The smallest absolute Gasteiger partial charge is 0.329 e. The van der Waals surface area contributed by atoms with Crippen LogP contribution in [-0.4, -0.2) is 54.6 Å². The Balaban J connectivity index is 1.52. The molecule has 0 aromatic heterocycles. The first-order valence-corrected chi connectivity index (χ1v) is 9.40. The van der Waals surface area contributed by atoms with E-state index in [1.165, 1.54) is 11.8 Å². The monoisotopic (exact) mass is 380 g/mol. The Kier molecular flexibility index (Phi) is 5.87. The zero-order chi connectivity index (χ0) is 18.5. The Hall–Kier alpha value is -2.42. The zero-order valence-electron chi connectivity index (χ0n) is 14.3. The van der Waals surface area contributed by atoms with Gasteiger partial charge in [-0.1, -0.05) is 0 Å². The van der Waals surface area contributed by atoms with Gasteiger partial charge >= 0.3 is 5.97 Å². The molecule has 3 rings (SSSR count). The van der Waals surface area contributed by atoms with Crippen LogP contribution in [0.2, 0.25) is 0 Å². The third kappa shape index (κ3) is 4.40. The molecule has 2 atom stereocenters. The standard InChI is InChI=1S/C17H20N2O6S/c1-2-23-17(22)11-9-26-14(16(21)19-11)8-15(20)18-10-3-4-12-13(7-10)25-6-5-24-12/h3-4,7,11,14H,2,5-6,8-9H2,1H3,(H,18,20)(H,19,21)/t11-,14-/m0/s1. The molecule has 26 heavy (non-hydrogen) atoms. The molecule has 2 aliphatic heterocycles. The van der Waals surface area contributed by atoms with E-state index in [1.807, 2.05) is 0 Å². The van der Waals surface area contributed by atoms with Crippen molar-refractivity contribution >= 4 is 35.2 Å². The summed E-state index contributed by atoms with van der Waals surface area (Å²) in [4.78, 5) is 36.1. The third-order valence-corrected chi connectivity index (χ3v) is 5.15. The molecule has 1 aromatic carbocycles. The Morgan fingerprint density at radius 2 is 2.08 bits per heavy atom. The second kappa shape index (κ2) is 8.31. The maximum atomic E-state index is 12.2. The number of benzene rings is 1. The van der Waals surface area contributed by atoms with Crippen molar-refractivity contribution in [2.24, 2.45) is 0 Å². The lowest BCUT2D eigenvalue weighted by atomic mass is 10.2. The van der Waals surface area contributed by atoms with Gasteiger partial charge in [-0.3, -0.25) is 9.59 Å². The molecule has 1 aromatic rings. The summed E-state index contributed by atoms with van der Waals surface area (Å²) in [6.07, 6.45) is 0.0144. The van der Waals surface area contributed by atoms with Crippen molar-refractivity contribution in [1.29, 1.82) is 0 Å². The van der Waals surface area contributed by atoms with E-state index in [1.54, 1.807) is 25.1 Å². The van der Waals surface area contributed by atoms with E-state index in [4.69, 9.17) is 14.2 Å². The van der Waals surface area contributed by atoms with Crippen LogP contribution in [0.5, 0.6) is 11.5 Å². The van der Waals surface area contributed by atoms with Crippen molar-refractivity contribution in [1.82, 2.24) is 5.32 Å². The van der Waals surface area contributed by atoms with Crippen molar-refractivity contribution in [3.63, 3.8) is 0 Å². The number of hydrogen-bond acceptors (Lipinski definition) is 7. The Morgan fingerprint density at radius 3 is 2.81 bits per heavy atom. The summed E-state index contributed by atoms with van der Waals surface area (Å²) >= 11 is 1.28. The SMILES string of the molecule is CCOC(=O)[C@@H]1CS[C@@H](CC(=O)Nc2ccc3c(c2)OCCO3)C(=O)N1. The number of nitrogens with one attached hydrogen (secondary N) is 2. The summed E-state index contributed by atoms with van der Waals surface area (Å²) in [5.74, 6) is 0.526. The van der Waals surface area contributed by atoms with Crippen LogP contribution in [0.25, 0.3) is 0 Å². The van der Waals surface area contributed by atoms with Crippen LogP contribution in [0.3, 0.4) is 0 Å². The normalized spacial score (nSPS) is 21.5. The molecule has 0 saturated carbocycles. The highest BCUT2D eigenvalue weighted by atomic mass is 32.2. The molecule has 0 radical (unpaired) electrons. The zero-order valence-corrected chi connectivity index (χ0v) is 15.1. The fourth-order valence-corrected chi connectivity index (χ4v) is 3.75. The number of hydrogen-bond donors (Lipinski definition) is 2. The molecule has 0 unspecified atom stereocenters. The van der Waals surface area contributed by atoms with Gasteiger partial charge in [-0.25, -0.2) is 4.79 Å². The fraction of sp³-hybridized carbons (Fsp3) is 0.471. The molecule has 2 aliphatic rings. The summed E-state index contributed by atoms with van der Waals surface area (Å²) in [5, 5.41) is 4.82. The van der Waals surface area contributed by atoms with E-state index >= 15 is 0 Å². The van der Waals surface area contributed by atoms with Crippen molar-refractivity contribution in [3.8, 4) is 11.5 Å². The summed E-state index contributed by atoms with van der Waals surface area (Å²) in [6.45, 7) is 2.93. The highest BCUT2D eigenvalue weighted by molar-refractivity contribution is 8.00. The second-order valence-corrected chi connectivity index (χ2v) is 6.98. The number of anilines is 1. The van der Waals surface area contributed by atoms with Crippen molar-refractivity contribution in [3.05, 3.63) is 18.2 Å². The lowest BCUT2D eigenvalue weighted by Gasteiger charge is -2.27. The maximum Gasteiger partial charge on any atom is 0.329 e. The van der Waals surface area contributed by atoms with Gasteiger partial charge in [0.1, 0.15) is 19.3 Å². The molecule has 0 bridgehead atoms. The van der Waals surface area contributed by atoms with Crippen LogP contribution in [0.1, 0.15) is 13.3 Å². The van der Waals surface area contributed by atoms with Crippen LogP contribution >= 0.6 is 11.8 Å². The van der Waals surface area contributed by atoms with E-state index in [9.17, 15) is 14.4 Å². The Morgan fingerprint density at radius 1 is 1.31 bits per heavy atom. The fourth-order valence-electron chi connectivity index (χ4n) is 2.62. The molecule has 2 N–H and O–H groups in total. The average Bonchev–Trinajstić information content (AvgIpc) is 2.63. The van der Waals surface area contributed by atoms with Crippen molar-refractivity contribution in [2.75, 3.05) is 30.9 Å². The first-order chi connectivity index (χ1) is 12.6. The van der Waals surface area contributed by atoms with E-state index in [2.05, 4.69) is 10.6 Å². The Labute approximate surface area is 154 Å². The van der Waals surface area contributed by atoms with Gasteiger partial charge in [-0.15, -0.1) is 11.8 Å². The first kappa shape index (κ1) is 18.4. The van der Waals surface area contributed by atoms with Crippen LogP contribution in [0.15, 0.2) is 18.2 Å². The minimum Gasteiger partial charge on any atom is -0.486 e. The number of thioether (sulfide) groups is 1. The van der Waals surface area contributed by atoms with Crippen LogP contribution in [0, 0.1) is 0 Å². The van der Waals surface area contributed by atoms with Gasteiger partial charge in [0.2, 0.25) is 11.8 Å². The minimum absolute atomic E-state index is 0.0144. The van der Waals surface area contributed by atoms with Gasteiger partial charge in [-0.05, 0) is 19.1 Å². The highest BCUT2D eigenvalue weighted by Gasteiger charge is 2.34. The topological polar surface area (TPSA) is 103 Å². The van der Waals surface area contributed by atoms with E-state index < -0.39 is 17.3 Å². The molecule has 9 heteroatoms. The van der Waals surface area contributed by atoms with Crippen LogP contribution in [-0.2, 0) is 19.1 Å². The van der Waals surface area contributed by atoms with Crippen molar-refractivity contribution < 1.29 is 28.6 Å². The van der Waals surface area contributed by atoms with Gasteiger partial charge in [-0.2, -0.15) is 0 Å². The molecule has 8 nitrogen and oxygen atoms in total. The predicted molar refractivity (Wildman–Crippen MR) is 95.5 cm³/mol. The number of rotatable bonds is 5.